The van der Waals surface area contributed by atoms with Crippen LogP contribution in [0.4, 0.5) is 0 Å². The van der Waals surface area contributed by atoms with Gasteiger partial charge in [-0.25, -0.2) is 10.5 Å². The van der Waals surface area contributed by atoms with Crippen molar-refractivity contribution in [3.63, 3.8) is 0 Å². The van der Waals surface area contributed by atoms with Gasteiger partial charge < -0.3 is 9.67 Å². The van der Waals surface area contributed by atoms with E-state index < -0.39 is 5.91 Å². The van der Waals surface area contributed by atoms with Crippen LogP contribution < -0.4 is 5.48 Å². The zero-order valence-corrected chi connectivity index (χ0v) is 18.1. The molecule has 4 rings (SSSR count). The largest absolute Gasteiger partial charge is 0.394 e. The van der Waals surface area contributed by atoms with E-state index in [-0.39, 0.29) is 12.1 Å². The van der Waals surface area contributed by atoms with Crippen LogP contribution in [0.15, 0.2) is 48.8 Å². The summed E-state index contributed by atoms with van der Waals surface area (Å²) < 4.78 is 2.13. The van der Waals surface area contributed by atoms with Crippen LogP contribution in [0.5, 0.6) is 0 Å². The summed E-state index contributed by atoms with van der Waals surface area (Å²) in [5.74, 6) is -0.0268. The van der Waals surface area contributed by atoms with Crippen molar-refractivity contribution in [2.24, 2.45) is 0 Å². The number of carbonyl (C=O) groups is 1. The van der Waals surface area contributed by atoms with Crippen molar-refractivity contribution < 1.29 is 15.1 Å². The summed E-state index contributed by atoms with van der Waals surface area (Å²) in [5.41, 5.74) is 5.26. The quantitative estimate of drug-likeness (QED) is 0.419. The molecule has 0 radical (unpaired) electrons. The lowest BCUT2D eigenvalue weighted by Crippen LogP contribution is -2.50. The second-order valence-corrected chi connectivity index (χ2v) is 8.95. The van der Waals surface area contributed by atoms with E-state index in [1.807, 2.05) is 18.3 Å². The molecule has 1 aromatic carbocycles. The Kier molecular flexibility index (Phi) is 6.09. The number of aliphatic hydroxyl groups excluding tert-OH is 1. The number of aromatic nitrogens is 2. The Morgan fingerprint density at radius 1 is 1.16 bits per heavy atom. The van der Waals surface area contributed by atoms with E-state index in [0.29, 0.717) is 18.0 Å². The molecule has 1 fully saturated rings. The van der Waals surface area contributed by atoms with Gasteiger partial charge in [-0.15, -0.1) is 0 Å². The minimum atomic E-state index is -0.516. The maximum atomic E-state index is 11.5. The van der Waals surface area contributed by atoms with Gasteiger partial charge in [0.25, 0.3) is 5.91 Å². The van der Waals surface area contributed by atoms with E-state index in [1.54, 1.807) is 17.6 Å². The van der Waals surface area contributed by atoms with Crippen LogP contribution in [0, 0.1) is 0 Å². The fraction of sp³-hybridized carbons (Fsp3) is 0.417. The van der Waals surface area contributed by atoms with Gasteiger partial charge in [0.15, 0.2) is 0 Å². The molecule has 31 heavy (non-hydrogen) atoms. The average molecular weight is 423 g/mol. The first-order valence-corrected chi connectivity index (χ1v) is 10.8. The van der Waals surface area contributed by atoms with Gasteiger partial charge in [0.1, 0.15) is 5.65 Å². The number of aliphatic hydroxyl groups is 1. The number of likely N-dealkylation sites (tertiary alicyclic amines) is 1. The van der Waals surface area contributed by atoms with Gasteiger partial charge in [0.05, 0.1) is 6.61 Å². The molecule has 3 N–H and O–H groups in total. The first-order chi connectivity index (χ1) is 14.9. The van der Waals surface area contributed by atoms with Crippen LogP contribution in [-0.2, 0) is 6.54 Å². The number of hydroxylamine groups is 1. The molecule has 1 aliphatic rings. The van der Waals surface area contributed by atoms with Crippen LogP contribution in [0.25, 0.3) is 11.0 Å². The van der Waals surface area contributed by atoms with Gasteiger partial charge in [-0.1, -0.05) is 12.1 Å². The van der Waals surface area contributed by atoms with Crippen molar-refractivity contribution in [2.45, 2.75) is 44.7 Å². The summed E-state index contributed by atoms with van der Waals surface area (Å²) in [6.45, 7) is 6.99. The van der Waals surface area contributed by atoms with Crippen molar-refractivity contribution in [1.82, 2.24) is 19.9 Å². The standard InChI is InChI=1S/C24H30N4O3/c1-24(2,16-29)28-13-8-18(9-14-28)20-7-11-25-22-21(20)10-12-27(22)15-17-3-5-19(6-4-17)23(30)26-31/h3-7,10-12,18,29,31H,8-9,13-16H2,1-2H3,(H,26,30). The first-order valence-electron chi connectivity index (χ1n) is 10.8. The highest BCUT2D eigenvalue weighted by Gasteiger charge is 2.31. The molecule has 0 bridgehead atoms. The SMILES string of the molecule is CC(C)(CO)N1CCC(c2ccnc3c2ccn3Cc2ccc(C(=O)NO)cc2)CC1. The van der Waals surface area contributed by atoms with Gasteiger partial charge in [-0.3, -0.25) is 14.9 Å². The average Bonchev–Trinajstić information content (AvgIpc) is 3.22. The molecule has 1 amide bonds. The maximum Gasteiger partial charge on any atom is 0.274 e. The second kappa shape index (κ2) is 8.78. The third kappa shape index (κ3) is 4.35. The summed E-state index contributed by atoms with van der Waals surface area (Å²) in [7, 11) is 0. The normalized spacial score (nSPS) is 16.0. The minimum Gasteiger partial charge on any atom is -0.394 e. The van der Waals surface area contributed by atoms with Crippen LogP contribution >= 0.6 is 0 Å². The molecular formula is C24H30N4O3. The number of hydrogen-bond acceptors (Lipinski definition) is 5. The fourth-order valence-corrected chi connectivity index (χ4v) is 4.51. The second-order valence-electron chi connectivity index (χ2n) is 8.95. The molecule has 0 unspecified atom stereocenters. The van der Waals surface area contributed by atoms with Gasteiger partial charge in [-0.05, 0) is 81.1 Å². The molecular weight excluding hydrogens is 392 g/mol. The molecule has 3 heterocycles. The summed E-state index contributed by atoms with van der Waals surface area (Å²) in [6, 6.07) is 11.5. The van der Waals surface area contributed by atoms with E-state index in [4.69, 9.17) is 5.21 Å². The number of pyridine rings is 1. The van der Waals surface area contributed by atoms with Crippen LogP contribution in [0.1, 0.15) is 54.1 Å². The van der Waals surface area contributed by atoms with E-state index >= 15 is 0 Å². The first kappa shape index (κ1) is 21.5. The fourth-order valence-electron chi connectivity index (χ4n) is 4.51. The number of fused-ring (bicyclic) bond motifs is 1. The summed E-state index contributed by atoms with van der Waals surface area (Å²) in [6.07, 6.45) is 6.11. The number of piperidine rings is 1. The number of rotatable bonds is 6. The third-order valence-corrected chi connectivity index (χ3v) is 6.54. The molecule has 2 aromatic heterocycles. The monoisotopic (exact) mass is 422 g/mol. The topological polar surface area (TPSA) is 90.6 Å². The molecule has 1 aliphatic heterocycles. The lowest BCUT2D eigenvalue weighted by atomic mass is 9.86. The maximum absolute atomic E-state index is 11.5. The zero-order valence-electron chi connectivity index (χ0n) is 18.1. The zero-order chi connectivity index (χ0) is 22.0. The van der Waals surface area contributed by atoms with Crippen LogP contribution in [0.3, 0.4) is 0 Å². The highest BCUT2D eigenvalue weighted by molar-refractivity contribution is 5.93. The third-order valence-electron chi connectivity index (χ3n) is 6.54. The minimum absolute atomic E-state index is 0.171. The Balaban J connectivity index is 1.52. The van der Waals surface area contributed by atoms with E-state index in [0.717, 1.165) is 37.1 Å². The van der Waals surface area contributed by atoms with Gasteiger partial charge in [0, 0.05) is 35.4 Å². The van der Waals surface area contributed by atoms with Crippen molar-refractivity contribution >= 4 is 16.9 Å². The number of nitrogens with one attached hydrogen (secondary N) is 1. The van der Waals surface area contributed by atoms with Gasteiger partial charge in [0.2, 0.25) is 0 Å². The molecule has 7 nitrogen and oxygen atoms in total. The molecule has 3 aromatic rings. The Hall–Kier alpha value is -2.74. The molecule has 0 aliphatic carbocycles. The smallest absolute Gasteiger partial charge is 0.274 e. The van der Waals surface area contributed by atoms with Crippen molar-refractivity contribution in [3.05, 3.63) is 65.5 Å². The predicted octanol–water partition coefficient (Wildman–Crippen LogP) is 3.15. The number of benzene rings is 1. The van der Waals surface area contributed by atoms with Gasteiger partial charge in [-0.2, -0.15) is 0 Å². The Morgan fingerprint density at radius 2 is 1.87 bits per heavy atom. The van der Waals surface area contributed by atoms with Crippen LogP contribution in [-0.4, -0.2) is 55.9 Å². The number of hydrogen-bond donors (Lipinski definition) is 3. The predicted molar refractivity (Wildman–Crippen MR) is 119 cm³/mol. The molecule has 7 heteroatoms. The summed E-state index contributed by atoms with van der Waals surface area (Å²) in [5, 5.41) is 19.6. The highest BCUT2D eigenvalue weighted by Crippen LogP contribution is 2.34. The van der Waals surface area contributed by atoms with Crippen molar-refractivity contribution in [2.75, 3.05) is 19.7 Å². The Labute approximate surface area is 182 Å². The van der Waals surface area contributed by atoms with E-state index in [2.05, 4.69) is 46.6 Å². The number of amides is 1. The molecule has 0 saturated carbocycles. The van der Waals surface area contributed by atoms with Crippen LogP contribution in [0.2, 0.25) is 0 Å². The van der Waals surface area contributed by atoms with Crippen molar-refractivity contribution in [3.8, 4) is 0 Å². The highest BCUT2D eigenvalue weighted by atomic mass is 16.5. The van der Waals surface area contributed by atoms with Crippen molar-refractivity contribution in [1.29, 1.82) is 0 Å². The molecule has 0 atom stereocenters. The molecule has 164 valence electrons. The molecule has 1 saturated heterocycles. The molecule has 0 spiro atoms. The number of carbonyl (C=O) groups excluding carboxylic acids is 1. The van der Waals surface area contributed by atoms with E-state index in [9.17, 15) is 9.90 Å². The Bertz CT molecular complexity index is 1050. The van der Waals surface area contributed by atoms with Gasteiger partial charge >= 0.3 is 0 Å². The lowest BCUT2D eigenvalue weighted by molar-refractivity contribution is 0.0380. The lowest BCUT2D eigenvalue weighted by Gasteiger charge is -2.42. The Morgan fingerprint density at radius 3 is 2.52 bits per heavy atom. The number of nitrogens with zero attached hydrogens (tertiary/aromatic N) is 3. The van der Waals surface area contributed by atoms with E-state index in [1.165, 1.54) is 10.9 Å². The summed E-state index contributed by atoms with van der Waals surface area (Å²) >= 11 is 0. The summed E-state index contributed by atoms with van der Waals surface area (Å²) in [4.78, 5) is 18.5.